The Morgan fingerprint density at radius 2 is 1.92 bits per heavy atom. The zero-order valence-electron chi connectivity index (χ0n) is 13.9. The van der Waals surface area contributed by atoms with Gasteiger partial charge in [-0.05, 0) is 31.2 Å². The summed E-state index contributed by atoms with van der Waals surface area (Å²) >= 11 is 0. The van der Waals surface area contributed by atoms with Gasteiger partial charge in [0.15, 0.2) is 11.6 Å². The first-order valence-corrected chi connectivity index (χ1v) is 7.89. The van der Waals surface area contributed by atoms with Crippen LogP contribution in [0.15, 0.2) is 48.7 Å². The third kappa shape index (κ3) is 3.26. The third-order valence-electron chi connectivity index (χ3n) is 4.10. The molecular weight excluding hydrogens is 344 g/mol. The number of nitro groups is 1. The lowest BCUT2D eigenvalue weighted by Crippen LogP contribution is -2.33. The molecule has 0 aliphatic heterocycles. The molecule has 6 nitrogen and oxygen atoms in total. The number of hydrogen-bond donors (Lipinski definition) is 0. The topological polar surface area (TPSA) is 68.4 Å². The maximum Gasteiger partial charge on any atom is 0.270 e. The molecule has 0 radical (unpaired) electrons. The normalized spacial score (nSPS) is 10.9. The van der Waals surface area contributed by atoms with Crippen molar-refractivity contribution in [2.45, 2.75) is 13.5 Å². The van der Waals surface area contributed by atoms with Crippen LogP contribution < -0.4 is 4.90 Å². The number of amides is 1. The number of anilines is 1. The van der Waals surface area contributed by atoms with Gasteiger partial charge in [-0.2, -0.15) is 0 Å². The zero-order valence-corrected chi connectivity index (χ0v) is 13.9. The molecule has 134 valence electrons. The molecule has 1 aromatic heterocycles. The Hall–Kier alpha value is -3.29. The fourth-order valence-electron chi connectivity index (χ4n) is 2.83. The lowest BCUT2D eigenvalue weighted by molar-refractivity contribution is -0.384. The minimum atomic E-state index is -1.02. The van der Waals surface area contributed by atoms with E-state index in [1.54, 1.807) is 29.8 Å². The summed E-state index contributed by atoms with van der Waals surface area (Å²) in [6, 6.07) is 9.37. The van der Waals surface area contributed by atoms with Crippen LogP contribution in [-0.4, -0.2) is 21.9 Å². The smallest absolute Gasteiger partial charge is 0.270 e. The maximum absolute atomic E-state index is 13.5. The number of non-ortho nitro benzene ring substituents is 1. The largest absolute Gasteiger partial charge is 0.338 e. The van der Waals surface area contributed by atoms with Crippen LogP contribution in [0.4, 0.5) is 20.2 Å². The van der Waals surface area contributed by atoms with Crippen LogP contribution in [-0.2, 0) is 11.3 Å². The van der Waals surface area contributed by atoms with E-state index in [0.717, 1.165) is 12.1 Å². The Morgan fingerprint density at radius 3 is 2.58 bits per heavy atom. The average Bonchev–Trinajstić information content (AvgIpc) is 3.00. The van der Waals surface area contributed by atoms with Crippen molar-refractivity contribution in [2.75, 3.05) is 11.4 Å². The zero-order chi connectivity index (χ0) is 18.8. The van der Waals surface area contributed by atoms with Gasteiger partial charge in [0.25, 0.3) is 5.69 Å². The number of rotatable bonds is 5. The number of nitrogens with zero attached hydrogens (tertiary/aromatic N) is 3. The first-order chi connectivity index (χ1) is 12.4. The molecule has 1 amide bonds. The van der Waals surface area contributed by atoms with Crippen molar-refractivity contribution in [3.8, 4) is 0 Å². The van der Waals surface area contributed by atoms with Crippen LogP contribution in [0.3, 0.4) is 0 Å². The van der Waals surface area contributed by atoms with Crippen molar-refractivity contribution in [2.24, 2.45) is 0 Å². The molecule has 0 atom stereocenters. The molecule has 0 fully saturated rings. The molecule has 0 spiro atoms. The lowest BCUT2D eigenvalue weighted by Gasteiger charge is -2.21. The number of halogens is 2. The van der Waals surface area contributed by atoms with Crippen molar-refractivity contribution in [1.29, 1.82) is 0 Å². The van der Waals surface area contributed by atoms with E-state index in [1.165, 1.54) is 23.1 Å². The summed E-state index contributed by atoms with van der Waals surface area (Å²) < 4.78 is 28.2. The summed E-state index contributed by atoms with van der Waals surface area (Å²) in [7, 11) is 0. The van der Waals surface area contributed by atoms with Crippen molar-refractivity contribution in [1.82, 2.24) is 4.57 Å². The molecule has 8 heteroatoms. The van der Waals surface area contributed by atoms with Crippen molar-refractivity contribution >= 4 is 28.2 Å². The summed E-state index contributed by atoms with van der Waals surface area (Å²) in [4.78, 5) is 24.3. The van der Waals surface area contributed by atoms with E-state index in [-0.39, 0.29) is 30.4 Å². The average molecular weight is 359 g/mol. The molecule has 2 aromatic carbocycles. The van der Waals surface area contributed by atoms with Gasteiger partial charge in [-0.15, -0.1) is 0 Å². The van der Waals surface area contributed by atoms with E-state index in [9.17, 15) is 23.7 Å². The first-order valence-electron chi connectivity index (χ1n) is 7.89. The van der Waals surface area contributed by atoms with E-state index in [2.05, 4.69) is 0 Å². The molecule has 1 heterocycles. The number of aromatic nitrogens is 1. The minimum Gasteiger partial charge on any atom is -0.338 e. The quantitative estimate of drug-likeness (QED) is 0.513. The molecule has 26 heavy (non-hydrogen) atoms. The Morgan fingerprint density at radius 1 is 1.15 bits per heavy atom. The summed E-state index contributed by atoms with van der Waals surface area (Å²) in [5, 5.41) is 11.5. The van der Waals surface area contributed by atoms with Gasteiger partial charge in [0.05, 0.1) is 4.92 Å². The van der Waals surface area contributed by atoms with E-state index < -0.39 is 16.6 Å². The van der Waals surface area contributed by atoms with Crippen LogP contribution in [0.25, 0.3) is 10.9 Å². The van der Waals surface area contributed by atoms with Crippen LogP contribution in [0.5, 0.6) is 0 Å². The molecular formula is C18H15F2N3O3. The molecule has 0 aliphatic rings. The number of carbonyl (C=O) groups is 1. The van der Waals surface area contributed by atoms with Crippen LogP contribution in [0.2, 0.25) is 0 Å². The fourth-order valence-corrected chi connectivity index (χ4v) is 2.83. The molecule has 0 N–H and O–H groups in total. The summed E-state index contributed by atoms with van der Waals surface area (Å²) in [6.07, 6.45) is 1.66. The number of hydrogen-bond acceptors (Lipinski definition) is 3. The molecule has 0 bridgehead atoms. The highest BCUT2D eigenvalue weighted by Gasteiger charge is 2.17. The molecule has 3 rings (SSSR count). The van der Waals surface area contributed by atoms with Gasteiger partial charge in [0.1, 0.15) is 6.54 Å². The van der Waals surface area contributed by atoms with Crippen LogP contribution in [0.1, 0.15) is 6.92 Å². The first kappa shape index (κ1) is 17.5. The summed E-state index contributed by atoms with van der Waals surface area (Å²) in [6.45, 7) is 1.99. The van der Waals surface area contributed by atoms with Crippen molar-refractivity contribution < 1.29 is 18.5 Å². The van der Waals surface area contributed by atoms with Gasteiger partial charge in [-0.3, -0.25) is 14.9 Å². The molecule has 0 unspecified atom stereocenters. The fraction of sp³-hybridized carbons (Fsp3) is 0.167. The highest BCUT2D eigenvalue weighted by atomic mass is 19.2. The second-order valence-electron chi connectivity index (χ2n) is 5.68. The molecule has 0 saturated carbocycles. The number of nitro benzene ring substituents is 1. The maximum atomic E-state index is 13.5. The van der Waals surface area contributed by atoms with E-state index in [1.807, 2.05) is 0 Å². The third-order valence-corrected chi connectivity index (χ3v) is 4.10. The lowest BCUT2D eigenvalue weighted by atomic mass is 10.2. The number of fused-ring (bicyclic) bond motifs is 1. The van der Waals surface area contributed by atoms with E-state index in [4.69, 9.17) is 0 Å². The van der Waals surface area contributed by atoms with Gasteiger partial charge in [0.2, 0.25) is 5.91 Å². The van der Waals surface area contributed by atoms with Gasteiger partial charge >= 0.3 is 0 Å². The Kier molecular flexibility index (Phi) is 4.66. The number of carbonyl (C=O) groups excluding carboxylic acids is 1. The molecule has 0 aliphatic carbocycles. The van der Waals surface area contributed by atoms with Gasteiger partial charge in [-0.25, -0.2) is 8.78 Å². The Labute approximate surface area is 147 Å². The second-order valence-corrected chi connectivity index (χ2v) is 5.68. The van der Waals surface area contributed by atoms with Crippen LogP contribution >= 0.6 is 0 Å². The number of likely N-dealkylation sites (N-methyl/N-ethyl adjacent to an activating group) is 1. The van der Waals surface area contributed by atoms with E-state index >= 15 is 0 Å². The molecule has 3 aromatic rings. The predicted molar refractivity (Wildman–Crippen MR) is 93.0 cm³/mol. The molecule has 0 saturated heterocycles. The highest BCUT2D eigenvalue weighted by Crippen LogP contribution is 2.23. The standard InChI is InChI=1S/C18H15F2N3O3/c1-2-22(13-3-5-15(19)16(20)10-13)18(24)11-21-8-7-12-9-14(23(25)26)4-6-17(12)21/h3-10H,2,11H2,1H3. The van der Waals surface area contributed by atoms with Gasteiger partial charge in [0, 0.05) is 47.5 Å². The van der Waals surface area contributed by atoms with Crippen LogP contribution in [0, 0.1) is 21.7 Å². The predicted octanol–water partition coefficient (Wildman–Crippen LogP) is 3.88. The Bertz CT molecular complexity index is 1000. The highest BCUT2D eigenvalue weighted by molar-refractivity contribution is 5.94. The minimum absolute atomic E-state index is 0.0291. The second kappa shape index (κ2) is 6.91. The van der Waals surface area contributed by atoms with Crippen molar-refractivity contribution in [3.05, 3.63) is 70.4 Å². The Balaban J connectivity index is 1.87. The SMILES string of the molecule is CCN(C(=O)Cn1ccc2cc([N+](=O)[O-])ccc21)c1ccc(F)c(F)c1. The monoisotopic (exact) mass is 359 g/mol. The van der Waals surface area contributed by atoms with Gasteiger partial charge < -0.3 is 9.47 Å². The van der Waals surface area contributed by atoms with E-state index in [0.29, 0.717) is 10.9 Å². The number of benzene rings is 2. The van der Waals surface area contributed by atoms with Crippen molar-refractivity contribution in [3.63, 3.8) is 0 Å². The summed E-state index contributed by atoms with van der Waals surface area (Å²) in [5.41, 5.74) is 0.910. The van der Waals surface area contributed by atoms with Gasteiger partial charge in [-0.1, -0.05) is 0 Å². The summed E-state index contributed by atoms with van der Waals surface area (Å²) in [5.74, 6) is -2.31.